The number of amides is 2. The number of anilines is 2. The van der Waals surface area contributed by atoms with Crippen molar-refractivity contribution in [1.29, 1.82) is 0 Å². The maximum Gasteiger partial charge on any atom is 0.265 e. The van der Waals surface area contributed by atoms with Crippen LogP contribution in [0.15, 0.2) is 42.5 Å². The Labute approximate surface area is 168 Å². The molecule has 7 nitrogen and oxygen atoms in total. The molecule has 2 aromatic carbocycles. The number of benzene rings is 2. The molecule has 0 radical (unpaired) electrons. The molecule has 0 saturated heterocycles. The SMILES string of the molecule is Cc1cc(C)cc(-n2nc(C)cc2NC(=O)c2cccc3c2O[C@@H](C)C(=O)N3)c1. The number of aryl methyl sites for hydroxylation is 3. The normalized spacial score (nSPS) is 15.3. The maximum absolute atomic E-state index is 13.1. The van der Waals surface area contributed by atoms with E-state index in [4.69, 9.17) is 4.74 Å². The number of nitrogens with one attached hydrogen (secondary N) is 2. The number of nitrogens with zero attached hydrogens (tertiary/aromatic N) is 2. The number of hydrogen-bond donors (Lipinski definition) is 2. The summed E-state index contributed by atoms with van der Waals surface area (Å²) in [6.07, 6.45) is -0.667. The van der Waals surface area contributed by atoms with Crippen LogP contribution in [0.3, 0.4) is 0 Å². The average Bonchev–Trinajstić information content (AvgIpc) is 3.01. The molecule has 1 atom stereocenters. The quantitative estimate of drug-likeness (QED) is 0.713. The van der Waals surface area contributed by atoms with Crippen molar-refractivity contribution in [3.63, 3.8) is 0 Å². The molecule has 0 unspecified atom stereocenters. The molecule has 2 N–H and O–H groups in total. The smallest absolute Gasteiger partial charge is 0.265 e. The van der Waals surface area contributed by atoms with Gasteiger partial charge in [-0.05, 0) is 63.1 Å². The number of carbonyl (C=O) groups excluding carboxylic acids is 2. The van der Waals surface area contributed by atoms with Gasteiger partial charge >= 0.3 is 0 Å². The summed E-state index contributed by atoms with van der Waals surface area (Å²) in [6.45, 7) is 7.56. The fourth-order valence-electron chi connectivity index (χ4n) is 3.45. The van der Waals surface area contributed by atoms with Crippen LogP contribution >= 0.6 is 0 Å². The van der Waals surface area contributed by atoms with Crippen LogP contribution in [0, 0.1) is 20.8 Å². The molecule has 0 bridgehead atoms. The van der Waals surface area contributed by atoms with E-state index >= 15 is 0 Å². The van der Waals surface area contributed by atoms with E-state index in [0.717, 1.165) is 22.5 Å². The number of fused-ring (bicyclic) bond motifs is 1. The minimum atomic E-state index is -0.667. The average molecular weight is 390 g/mol. The zero-order chi connectivity index (χ0) is 20.7. The van der Waals surface area contributed by atoms with Crippen molar-refractivity contribution >= 4 is 23.3 Å². The lowest BCUT2D eigenvalue weighted by atomic mass is 10.1. The summed E-state index contributed by atoms with van der Waals surface area (Å²) in [5, 5.41) is 10.2. The molecule has 29 heavy (non-hydrogen) atoms. The number of carbonyl (C=O) groups is 2. The predicted molar refractivity (Wildman–Crippen MR) is 111 cm³/mol. The van der Waals surface area contributed by atoms with E-state index in [1.54, 1.807) is 29.8 Å². The van der Waals surface area contributed by atoms with Crippen molar-refractivity contribution in [3.05, 3.63) is 64.8 Å². The van der Waals surface area contributed by atoms with E-state index in [1.807, 2.05) is 39.0 Å². The second-order valence-electron chi connectivity index (χ2n) is 7.31. The largest absolute Gasteiger partial charge is 0.478 e. The summed E-state index contributed by atoms with van der Waals surface area (Å²) in [5.74, 6) is 0.351. The molecule has 1 aliphatic heterocycles. The highest BCUT2D eigenvalue weighted by atomic mass is 16.5. The molecule has 2 heterocycles. The van der Waals surface area contributed by atoms with Crippen LogP contribution < -0.4 is 15.4 Å². The Hall–Kier alpha value is -3.61. The summed E-state index contributed by atoms with van der Waals surface area (Å²) in [4.78, 5) is 24.9. The first-order valence-electron chi connectivity index (χ1n) is 9.39. The Morgan fingerprint density at radius 2 is 1.86 bits per heavy atom. The Bertz CT molecular complexity index is 1110. The minimum absolute atomic E-state index is 0.237. The van der Waals surface area contributed by atoms with E-state index in [1.165, 1.54) is 0 Å². The monoisotopic (exact) mass is 390 g/mol. The van der Waals surface area contributed by atoms with Gasteiger partial charge in [0, 0.05) is 6.07 Å². The predicted octanol–water partition coefficient (Wildman–Crippen LogP) is 3.77. The van der Waals surface area contributed by atoms with Crippen molar-refractivity contribution in [1.82, 2.24) is 9.78 Å². The Balaban J connectivity index is 1.69. The van der Waals surface area contributed by atoms with Gasteiger partial charge in [0.05, 0.1) is 22.6 Å². The number of hydrogen-bond acceptors (Lipinski definition) is 4. The fourth-order valence-corrected chi connectivity index (χ4v) is 3.45. The molecule has 0 aliphatic carbocycles. The molecule has 148 valence electrons. The second kappa shape index (κ2) is 7.09. The molecule has 0 spiro atoms. The van der Waals surface area contributed by atoms with Crippen LogP contribution in [0.1, 0.15) is 34.1 Å². The number of para-hydroxylation sites is 1. The molecule has 0 saturated carbocycles. The van der Waals surface area contributed by atoms with Crippen LogP contribution in [0.4, 0.5) is 11.5 Å². The summed E-state index contributed by atoms with van der Waals surface area (Å²) < 4.78 is 7.41. The first kappa shape index (κ1) is 18.7. The maximum atomic E-state index is 13.1. The molecule has 7 heteroatoms. The van der Waals surface area contributed by atoms with E-state index in [9.17, 15) is 9.59 Å². The molecule has 0 fully saturated rings. The number of ether oxygens (including phenoxy) is 1. The van der Waals surface area contributed by atoms with Gasteiger partial charge in [-0.25, -0.2) is 4.68 Å². The first-order chi connectivity index (χ1) is 13.8. The van der Waals surface area contributed by atoms with E-state index < -0.39 is 6.10 Å². The van der Waals surface area contributed by atoms with E-state index in [0.29, 0.717) is 22.8 Å². The summed E-state index contributed by atoms with van der Waals surface area (Å²) in [5.41, 5.74) is 4.71. The lowest BCUT2D eigenvalue weighted by molar-refractivity contribution is -0.122. The van der Waals surface area contributed by atoms with Gasteiger partial charge < -0.3 is 15.4 Å². The van der Waals surface area contributed by atoms with Gasteiger partial charge in [0.2, 0.25) is 0 Å². The van der Waals surface area contributed by atoms with Crippen molar-refractivity contribution in [2.45, 2.75) is 33.8 Å². The van der Waals surface area contributed by atoms with Crippen LogP contribution in [-0.4, -0.2) is 27.7 Å². The van der Waals surface area contributed by atoms with Crippen LogP contribution in [0.25, 0.3) is 5.69 Å². The van der Waals surface area contributed by atoms with Crippen molar-refractivity contribution in [3.8, 4) is 11.4 Å². The highest BCUT2D eigenvalue weighted by molar-refractivity contribution is 6.09. The topological polar surface area (TPSA) is 85.2 Å². The Morgan fingerprint density at radius 3 is 2.59 bits per heavy atom. The summed E-state index contributed by atoms with van der Waals surface area (Å²) in [6, 6.07) is 13.0. The number of rotatable bonds is 3. The molecular formula is C22H22N4O3. The lowest BCUT2D eigenvalue weighted by Crippen LogP contribution is -2.35. The minimum Gasteiger partial charge on any atom is -0.478 e. The molecular weight excluding hydrogens is 368 g/mol. The third-order valence-corrected chi connectivity index (χ3v) is 4.71. The molecule has 2 amide bonds. The third-order valence-electron chi connectivity index (χ3n) is 4.71. The zero-order valence-corrected chi connectivity index (χ0v) is 16.7. The highest BCUT2D eigenvalue weighted by Gasteiger charge is 2.28. The van der Waals surface area contributed by atoms with E-state index in [-0.39, 0.29) is 11.8 Å². The first-order valence-corrected chi connectivity index (χ1v) is 9.39. The van der Waals surface area contributed by atoms with Crippen LogP contribution in [0.2, 0.25) is 0 Å². The van der Waals surface area contributed by atoms with Crippen LogP contribution in [0.5, 0.6) is 5.75 Å². The molecule has 3 aromatic rings. The summed E-state index contributed by atoms with van der Waals surface area (Å²) in [7, 11) is 0. The van der Waals surface area contributed by atoms with Gasteiger partial charge in [0.1, 0.15) is 5.82 Å². The number of aromatic nitrogens is 2. The third kappa shape index (κ3) is 3.59. The fraction of sp³-hybridized carbons (Fsp3) is 0.227. The van der Waals surface area contributed by atoms with Crippen molar-refractivity contribution < 1.29 is 14.3 Å². The van der Waals surface area contributed by atoms with Gasteiger partial charge in [-0.15, -0.1) is 0 Å². The molecule has 1 aliphatic rings. The van der Waals surface area contributed by atoms with Gasteiger partial charge in [-0.2, -0.15) is 5.10 Å². The second-order valence-corrected chi connectivity index (χ2v) is 7.31. The van der Waals surface area contributed by atoms with Gasteiger partial charge in [-0.1, -0.05) is 12.1 Å². The Morgan fingerprint density at radius 1 is 1.14 bits per heavy atom. The van der Waals surface area contributed by atoms with Crippen molar-refractivity contribution in [2.75, 3.05) is 10.6 Å². The van der Waals surface area contributed by atoms with Crippen LogP contribution in [-0.2, 0) is 4.79 Å². The molecule has 4 rings (SSSR count). The summed E-state index contributed by atoms with van der Waals surface area (Å²) >= 11 is 0. The van der Waals surface area contributed by atoms with Gasteiger partial charge in [-0.3, -0.25) is 9.59 Å². The van der Waals surface area contributed by atoms with Gasteiger partial charge in [0.25, 0.3) is 11.8 Å². The lowest BCUT2D eigenvalue weighted by Gasteiger charge is -2.25. The van der Waals surface area contributed by atoms with Gasteiger partial charge in [0.15, 0.2) is 11.9 Å². The molecule has 1 aromatic heterocycles. The van der Waals surface area contributed by atoms with Crippen molar-refractivity contribution in [2.24, 2.45) is 0 Å². The highest BCUT2D eigenvalue weighted by Crippen LogP contribution is 2.34. The standard InChI is InChI=1S/C22H22N4O3/c1-12-8-13(2)10-16(9-12)26-19(11-14(3)25-26)24-22(28)17-6-5-7-18-20(17)29-15(4)21(27)23-18/h5-11,15H,1-4H3,(H,23,27)(H,24,28)/t15-/m0/s1. The van der Waals surface area contributed by atoms with E-state index in [2.05, 4.69) is 21.8 Å². The Kier molecular flexibility index (Phi) is 4.58. The zero-order valence-electron chi connectivity index (χ0n) is 16.7.